The van der Waals surface area contributed by atoms with Crippen LogP contribution in [0.5, 0.6) is 0 Å². The monoisotopic (exact) mass is 242 g/mol. The van der Waals surface area contributed by atoms with E-state index in [4.69, 9.17) is 4.43 Å². The van der Waals surface area contributed by atoms with Crippen LogP contribution >= 0.6 is 0 Å². The second-order valence-electron chi connectivity index (χ2n) is 6.24. The molecule has 0 bridgehead atoms. The molecule has 1 nitrogen and oxygen atoms in total. The van der Waals surface area contributed by atoms with E-state index in [9.17, 15) is 0 Å². The minimum Gasteiger partial charge on any atom is -0.551 e. The largest absolute Gasteiger partial charge is 0.551 e. The Kier molecular flexibility index (Phi) is 5.07. The maximum absolute atomic E-state index is 6.17. The van der Waals surface area contributed by atoms with Gasteiger partial charge in [-0.1, -0.05) is 31.3 Å². The zero-order valence-corrected chi connectivity index (χ0v) is 13.6. The molecule has 0 rings (SSSR count). The van der Waals surface area contributed by atoms with Crippen LogP contribution < -0.4 is 0 Å². The lowest BCUT2D eigenvalue weighted by Gasteiger charge is -2.29. The van der Waals surface area contributed by atoms with Gasteiger partial charge in [0.1, 0.15) is 8.07 Å². The first-order chi connectivity index (χ1) is 6.52. The van der Waals surface area contributed by atoms with Crippen molar-refractivity contribution in [1.82, 2.24) is 0 Å². The van der Waals surface area contributed by atoms with Gasteiger partial charge in [0.2, 0.25) is 8.32 Å². The molecule has 0 spiro atoms. The molecule has 0 heterocycles. The highest BCUT2D eigenvalue weighted by atomic mass is 28.4. The van der Waals surface area contributed by atoms with E-state index in [0.29, 0.717) is 0 Å². The van der Waals surface area contributed by atoms with E-state index in [2.05, 4.69) is 65.3 Å². The molecule has 0 aliphatic carbocycles. The third-order valence-corrected chi connectivity index (χ3v) is 4.51. The lowest BCUT2D eigenvalue weighted by molar-refractivity contribution is 0.452. The molecular weight excluding hydrogens is 216 g/mol. The average Bonchev–Trinajstić information content (AvgIpc) is 1.93. The molecule has 0 N–H and O–H groups in total. The van der Waals surface area contributed by atoms with Crippen molar-refractivity contribution < 1.29 is 4.43 Å². The molecule has 0 aliphatic rings. The lowest BCUT2D eigenvalue weighted by Crippen LogP contribution is -2.34. The van der Waals surface area contributed by atoms with Crippen LogP contribution in [0.15, 0.2) is 23.1 Å². The van der Waals surface area contributed by atoms with E-state index in [0.717, 1.165) is 0 Å². The first kappa shape index (κ1) is 14.7. The van der Waals surface area contributed by atoms with Crippen molar-refractivity contribution in [3.8, 4) is 0 Å². The fourth-order valence-electron chi connectivity index (χ4n) is 1.01. The van der Waals surface area contributed by atoms with Crippen molar-refractivity contribution in [3.05, 3.63) is 23.1 Å². The Labute approximate surface area is 97.4 Å². The normalized spacial score (nSPS) is 13.7. The predicted octanol–water partition coefficient (Wildman–Crippen LogP) is 4.57. The van der Waals surface area contributed by atoms with Crippen LogP contribution in [0.4, 0.5) is 0 Å². The highest BCUT2D eigenvalue weighted by molar-refractivity contribution is 6.84. The van der Waals surface area contributed by atoms with E-state index in [-0.39, 0.29) is 0 Å². The summed E-state index contributed by atoms with van der Waals surface area (Å²) in [7, 11) is -2.80. The molecule has 3 heteroatoms. The molecule has 0 aromatic rings. The summed E-state index contributed by atoms with van der Waals surface area (Å²) < 4.78 is 6.17. The van der Waals surface area contributed by atoms with Gasteiger partial charge in [0.25, 0.3) is 0 Å². The third-order valence-electron chi connectivity index (χ3n) is 1.72. The maximum Gasteiger partial charge on any atom is 0.241 e. The topological polar surface area (TPSA) is 9.23 Å². The van der Waals surface area contributed by atoms with E-state index in [1.54, 1.807) is 0 Å². The van der Waals surface area contributed by atoms with Crippen molar-refractivity contribution in [2.24, 2.45) is 0 Å². The third kappa shape index (κ3) is 7.62. The van der Waals surface area contributed by atoms with E-state index in [1.807, 2.05) is 0 Å². The average molecular weight is 243 g/mol. The van der Waals surface area contributed by atoms with Gasteiger partial charge >= 0.3 is 0 Å². The number of allylic oxidation sites excluding steroid dienone is 3. The molecule has 0 aliphatic heterocycles. The quantitative estimate of drug-likeness (QED) is 0.399. The van der Waals surface area contributed by atoms with Crippen molar-refractivity contribution in [2.45, 2.75) is 53.1 Å². The number of rotatable bonds is 4. The van der Waals surface area contributed by atoms with Gasteiger partial charge < -0.3 is 4.43 Å². The molecule has 88 valence electrons. The Morgan fingerprint density at radius 1 is 0.867 bits per heavy atom. The Morgan fingerprint density at radius 3 is 1.60 bits per heavy atom. The van der Waals surface area contributed by atoms with Crippen LogP contribution in [-0.4, -0.2) is 16.4 Å². The molecule has 0 unspecified atom stereocenters. The molecule has 0 aromatic heterocycles. The second kappa shape index (κ2) is 5.17. The molecular formula is C12H26OSi2. The smallest absolute Gasteiger partial charge is 0.241 e. The summed E-state index contributed by atoms with van der Waals surface area (Å²) in [5.41, 5.74) is 1.32. The molecule has 15 heavy (non-hydrogen) atoms. The first-order valence-corrected chi connectivity index (χ1v) is 12.5. The number of hydrogen-bond acceptors (Lipinski definition) is 1. The fourth-order valence-corrected chi connectivity index (χ4v) is 4.46. The number of hydrogen-bond donors (Lipinski definition) is 0. The van der Waals surface area contributed by atoms with Gasteiger partial charge in [-0.2, -0.15) is 0 Å². The van der Waals surface area contributed by atoms with Crippen LogP contribution in [0.25, 0.3) is 0 Å². The Hall–Kier alpha value is -0.286. The molecule has 0 atom stereocenters. The molecule has 0 fully saturated rings. The summed E-state index contributed by atoms with van der Waals surface area (Å²) in [4.78, 5) is 0. The molecule has 0 aromatic carbocycles. The van der Waals surface area contributed by atoms with Crippen molar-refractivity contribution >= 4 is 16.4 Å². The zero-order chi connectivity index (χ0) is 12.3. The molecule has 0 radical (unpaired) electrons. The maximum atomic E-state index is 6.17. The van der Waals surface area contributed by atoms with Crippen molar-refractivity contribution in [3.63, 3.8) is 0 Å². The first-order valence-electron chi connectivity index (χ1n) is 5.57. The van der Waals surface area contributed by atoms with Gasteiger partial charge in [0.05, 0.1) is 5.38 Å². The van der Waals surface area contributed by atoms with Gasteiger partial charge in [-0.15, -0.1) is 0 Å². The lowest BCUT2D eigenvalue weighted by atomic mass is 10.3. The van der Waals surface area contributed by atoms with Crippen LogP contribution in [-0.2, 0) is 4.43 Å². The SMILES string of the molecule is CC(C)=C/C=C(\O[Si](C)(C)C)[Si](C)(C)C. The summed E-state index contributed by atoms with van der Waals surface area (Å²) in [5.74, 6) is 0. The molecule has 0 amide bonds. The summed E-state index contributed by atoms with van der Waals surface area (Å²) >= 11 is 0. The summed E-state index contributed by atoms with van der Waals surface area (Å²) in [6.07, 6.45) is 4.34. The fraction of sp³-hybridized carbons (Fsp3) is 0.667. The van der Waals surface area contributed by atoms with Crippen LogP contribution in [0.3, 0.4) is 0 Å². The highest BCUT2D eigenvalue weighted by Crippen LogP contribution is 2.21. The van der Waals surface area contributed by atoms with E-state index >= 15 is 0 Å². The van der Waals surface area contributed by atoms with Crippen LogP contribution in [0.1, 0.15) is 13.8 Å². The van der Waals surface area contributed by atoms with Gasteiger partial charge in [0, 0.05) is 0 Å². The summed E-state index contributed by atoms with van der Waals surface area (Å²) in [6.45, 7) is 17.9. The zero-order valence-electron chi connectivity index (χ0n) is 11.6. The van der Waals surface area contributed by atoms with E-state index < -0.39 is 16.4 Å². The van der Waals surface area contributed by atoms with E-state index in [1.165, 1.54) is 11.0 Å². The standard InChI is InChI=1S/C12H26OSi2/c1-11(2)9-10-12(14(3,4)5)13-15(6,7)8/h9-10H,1-8H3/b12-10+. The van der Waals surface area contributed by atoms with Gasteiger partial charge in [0.15, 0.2) is 0 Å². The Bertz CT molecular complexity index is 260. The van der Waals surface area contributed by atoms with Crippen molar-refractivity contribution in [1.29, 1.82) is 0 Å². The summed E-state index contributed by atoms with van der Waals surface area (Å²) in [5, 5.41) is 1.24. The highest BCUT2D eigenvalue weighted by Gasteiger charge is 2.26. The molecule has 0 saturated heterocycles. The molecule has 0 saturated carbocycles. The minimum atomic E-state index is -1.46. The van der Waals surface area contributed by atoms with Gasteiger partial charge in [-0.05, 0) is 39.6 Å². The van der Waals surface area contributed by atoms with Crippen LogP contribution in [0, 0.1) is 0 Å². The Balaban J connectivity index is 4.93. The van der Waals surface area contributed by atoms with Gasteiger partial charge in [-0.3, -0.25) is 0 Å². The van der Waals surface area contributed by atoms with Gasteiger partial charge in [-0.25, -0.2) is 0 Å². The Morgan fingerprint density at radius 2 is 1.33 bits per heavy atom. The summed E-state index contributed by atoms with van der Waals surface area (Å²) in [6, 6.07) is 0. The van der Waals surface area contributed by atoms with Crippen LogP contribution in [0.2, 0.25) is 39.3 Å². The second-order valence-corrected chi connectivity index (χ2v) is 15.7. The predicted molar refractivity (Wildman–Crippen MR) is 75.3 cm³/mol. The minimum absolute atomic E-state index is 1.24. The van der Waals surface area contributed by atoms with Crippen molar-refractivity contribution in [2.75, 3.05) is 0 Å².